The lowest BCUT2D eigenvalue weighted by Crippen LogP contribution is -2.30. The minimum atomic E-state index is -4.76. The summed E-state index contributed by atoms with van der Waals surface area (Å²) in [5, 5.41) is 9.82. The van der Waals surface area contributed by atoms with Crippen molar-refractivity contribution in [2.45, 2.75) is 290 Å². The van der Waals surface area contributed by atoms with Crippen LogP contribution in [0.2, 0.25) is 0 Å². The van der Waals surface area contributed by atoms with Gasteiger partial charge in [-0.05, 0) is 103 Å². The number of carbonyl (C=O) groups is 3. The Morgan fingerprint density at radius 1 is 0.392 bits per heavy atom. The van der Waals surface area contributed by atoms with E-state index in [9.17, 15) is 28.9 Å². The summed E-state index contributed by atoms with van der Waals surface area (Å²) in [6.07, 6.45) is 61.7. The number of phosphoric ester groups is 1. The first-order valence-electron chi connectivity index (χ1n) is 30.2. The van der Waals surface area contributed by atoms with Gasteiger partial charge in [-0.15, -0.1) is 0 Å². The maximum Gasteiger partial charge on any atom is 0.472 e. The van der Waals surface area contributed by atoms with Crippen LogP contribution < -0.4 is 0 Å². The number of hydrogen-bond acceptors (Lipinski definition) is 10. The Bertz CT molecular complexity index is 1470. The molecule has 0 fully saturated rings. The fourth-order valence-electron chi connectivity index (χ4n) is 8.30. The van der Waals surface area contributed by atoms with Crippen molar-refractivity contribution in [3.05, 3.63) is 60.8 Å². The highest BCUT2D eigenvalue weighted by Crippen LogP contribution is 2.43. The Kier molecular flexibility index (Phi) is 54.2. The van der Waals surface area contributed by atoms with Gasteiger partial charge in [0.05, 0.1) is 19.8 Å². The number of unbranched alkanes of at least 4 members (excludes halogenated alkanes) is 29. The Balaban J connectivity index is 4.73. The summed E-state index contributed by atoms with van der Waals surface area (Å²) < 4.78 is 39.6. The second kappa shape index (κ2) is 56.4. The molecule has 74 heavy (non-hydrogen) atoms. The third-order valence-electron chi connectivity index (χ3n) is 12.9. The molecule has 2 N–H and O–H groups in total. The Hall–Kier alpha value is -2.82. The maximum absolute atomic E-state index is 12.9. The first-order valence-corrected chi connectivity index (χ1v) is 31.7. The number of allylic oxidation sites excluding steroid dienone is 10. The number of hydrogen-bond donors (Lipinski definition) is 2. The van der Waals surface area contributed by atoms with Crippen LogP contribution in [0.25, 0.3) is 0 Å². The Labute approximate surface area is 453 Å². The summed E-state index contributed by atoms with van der Waals surface area (Å²) in [6.45, 7) is 4.52. The Morgan fingerprint density at radius 2 is 0.703 bits per heavy atom. The van der Waals surface area contributed by atoms with Gasteiger partial charge in [0.1, 0.15) is 12.7 Å². The molecule has 11 nitrogen and oxygen atoms in total. The lowest BCUT2D eigenvalue weighted by atomic mass is 10.1. The van der Waals surface area contributed by atoms with Crippen molar-refractivity contribution < 1.29 is 52.2 Å². The molecule has 0 saturated heterocycles. The average Bonchev–Trinajstić information content (AvgIpc) is 3.39. The van der Waals surface area contributed by atoms with E-state index in [0.717, 1.165) is 122 Å². The van der Waals surface area contributed by atoms with Gasteiger partial charge in [0.25, 0.3) is 0 Å². The predicted molar refractivity (Wildman–Crippen MR) is 307 cm³/mol. The summed E-state index contributed by atoms with van der Waals surface area (Å²) in [7, 11) is -4.76. The van der Waals surface area contributed by atoms with Crippen molar-refractivity contribution in [3.63, 3.8) is 0 Å². The van der Waals surface area contributed by atoms with Crippen LogP contribution >= 0.6 is 7.82 Å². The smallest absolute Gasteiger partial charge is 0.462 e. The molecule has 0 aliphatic rings. The van der Waals surface area contributed by atoms with E-state index in [4.69, 9.17) is 23.3 Å². The topological polar surface area (TPSA) is 155 Å². The third kappa shape index (κ3) is 54.0. The van der Waals surface area contributed by atoms with Gasteiger partial charge >= 0.3 is 25.7 Å². The molecule has 0 aromatic carbocycles. The van der Waals surface area contributed by atoms with Gasteiger partial charge in [0.15, 0.2) is 6.10 Å². The molecule has 0 saturated carbocycles. The van der Waals surface area contributed by atoms with Gasteiger partial charge < -0.3 is 24.2 Å². The van der Waals surface area contributed by atoms with E-state index in [1.807, 2.05) is 0 Å². The van der Waals surface area contributed by atoms with E-state index in [2.05, 4.69) is 81.5 Å². The quantitative estimate of drug-likeness (QED) is 0.0197. The van der Waals surface area contributed by atoms with Gasteiger partial charge in [-0.2, -0.15) is 0 Å². The van der Waals surface area contributed by atoms with Crippen LogP contribution in [0.3, 0.4) is 0 Å². The second-order valence-corrected chi connectivity index (χ2v) is 21.6. The largest absolute Gasteiger partial charge is 0.472 e. The zero-order valence-corrected chi connectivity index (χ0v) is 48.5. The molecule has 0 aromatic heterocycles. The van der Waals surface area contributed by atoms with Crippen molar-refractivity contribution in [2.24, 2.45) is 0 Å². The molecule has 3 unspecified atom stereocenters. The minimum absolute atomic E-state index is 0.157. The maximum atomic E-state index is 12.9. The molecule has 0 aliphatic heterocycles. The number of carbonyl (C=O) groups excluding carboxylic acids is 3. The molecule has 0 aromatic rings. The minimum Gasteiger partial charge on any atom is -0.462 e. The molecular formula is C62H111O11P. The van der Waals surface area contributed by atoms with Crippen LogP contribution in [0.5, 0.6) is 0 Å². The van der Waals surface area contributed by atoms with Crippen LogP contribution in [-0.4, -0.2) is 66.5 Å². The number of aliphatic hydroxyl groups is 1. The zero-order valence-electron chi connectivity index (χ0n) is 47.6. The van der Waals surface area contributed by atoms with Crippen LogP contribution in [0.4, 0.5) is 0 Å². The predicted octanol–water partition coefficient (Wildman–Crippen LogP) is 17.9. The van der Waals surface area contributed by atoms with Gasteiger partial charge in [-0.25, -0.2) is 4.57 Å². The summed E-state index contributed by atoms with van der Waals surface area (Å²) in [5.74, 6) is -1.49. The van der Waals surface area contributed by atoms with Crippen LogP contribution in [0.1, 0.15) is 278 Å². The van der Waals surface area contributed by atoms with Crippen LogP contribution in [0.15, 0.2) is 60.8 Å². The summed E-state index contributed by atoms with van der Waals surface area (Å²) in [4.78, 5) is 48.6. The molecule has 12 heteroatoms. The molecule has 3 atom stereocenters. The molecule has 0 rings (SSSR count). The Morgan fingerprint density at radius 3 is 1.09 bits per heavy atom. The average molecular weight is 1060 g/mol. The van der Waals surface area contributed by atoms with Crippen molar-refractivity contribution in [1.29, 1.82) is 0 Å². The summed E-state index contributed by atoms with van der Waals surface area (Å²) in [5.41, 5.74) is 0. The fraction of sp³-hybridized carbons (Fsp3) is 0.790. The molecule has 430 valence electrons. The van der Waals surface area contributed by atoms with E-state index >= 15 is 0 Å². The van der Waals surface area contributed by atoms with Gasteiger partial charge in [-0.1, -0.05) is 216 Å². The highest BCUT2D eigenvalue weighted by molar-refractivity contribution is 7.47. The SMILES string of the molecule is CC/C=C\C/C=C\C/C=C\CCCCCCCC(=O)OC(CO)COP(=O)(O)OCC(COC(=O)CCCCCCC/C=C\CCCCCCCC)OC(=O)CCCCCCCCC/C=C\CCCCCCCC. The van der Waals surface area contributed by atoms with Crippen molar-refractivity contribution in [3.8, 4) is 0 Å². The summed E-state index contributed by atoms with van der Waals surface area (Å²) in [6, 6.07) is 0. The zero-order chi connectivity index (χ0) is 54.1. The van der Waals surface area contributed by atoms with E-state index in [0.29, 0.717) is 19.3 Å². The first kappa shape index (κ1) is 71.2. The number of phosphoric acid groups is 1. The molecule has 0 spiro atoms. The standard InChI is InChI=1S/C62H111O11P/c1-4-7-10-13-16-19-22-25-28-29-32-35-38-41-44-47-50-53-62(66)73-59(55-69-60(64)51-48-45-42-39-36-33-30-26-23-20-17-14-11-8-5-2)57-71-74(67,68)70-56-58(54-63)72-61(65)52-49-46-43-40-37-34-31-27-24-21-18-15-12-9-6-3/h9,12,18,21,25-28,30-31,58-59,63H,4-8,10-11,13-17,19-20,22-24,29,32-57H2,1-3H3,(H,67,68)/b12-9-,21-18-,28-25-,30-26-,31-27-. The number of aliphatic hydroxyl groups excluding tert-OH is 1. The van der Waals surface area contributed by atoms with E-state index in [-0.39, 0.29) is 25.9 Å². The first-order chi connectivity index (χ1) is 36.2. The number of ether oxygens (including phenoxy) is 3. The molecule has 0 amide bonds. The van der Waals surface area contributed by atoms with E-state index in [1.54, 1.807) is 0 Å². The molecule has 0 radical (unpaired) electrons. The molecule has 0 bridgehead atoms. The van der Waals surface area contributed by atoms with Crippen LogP contribution in [0, 0.1) is 0 Å². The van der Waals surface area contributed by atoms with E-state index < -0.39 is 57.8 Å². The third-order valence-corrected chi connectivity index (χ3v) is 13.8. The van der Waals surface area contributed by atoms with Crippen molar-refractivity contribution in [1.82, 2.24) is 0 Å². The fourth-order valence-corrected chi connectivity index (χ4v) is 9.09. The van der Waals surface area contributed by atoms with E-state index in [1.165, 1.54) is 96.3 Å². The lowest BCUT2D eigenvalue weighted by Gasteiger charge is -2.21. The number of esters is 3. The highest BCUT2D eigenvalue weighted by Gasteiger charge is 2.28. The summed E-state index contributed by atoms with van der Waals surface area (Å²) >= 11 is 0. The number of rotatable bonds is 56. The highest BCUT2D eigenvalue weighted by atomic mass is 31.2. The molecule has 0 heterocycles. The lowest BCUT2D eigenvalue weighted by molar-refractivity contribution is -0.161. The van der Waals surface area contributed by atoms with Crippen molar-refractivity contribution in [2.75, 3.05) is 26.4 Å². The van der Waals surface area contributed by atoms with Gasteiger partial charge in [0.2, 0.25) is 0 Å². The second-order valence-electron chi connectivity index (χ2n) is 20.1. The van der Waals surface area contributed by atoms with Gasteiger partial charge in [0, 0.05) is 19.3 Å². The normalized spacial score (nSPS) is 13.7. The monoisotopic (exact) mass is 1060 g/mol. The van der Waals surface area contributed by atoms with Crippen molar-refractivity contribution >= 4 is 25.7 Å². The molecular weight excluding hydrogens is 952 g/mol. The molecule has 0 aliphatic carbocycles. The van der Waals surface area contributed by atoms with Gasteiger partial charge in [-0.3, -0.25) is 23.4 Å². The van der Waals surface area contributed by atoms with Crippen LogP contribution in [-0.2, 0) is 42.2 Å².